The Morgan fingerprint density at radius 2 is 2.11 bits per heavy atom. The van der Waals surface area contributed by atoms with Gasteiger partial charge in [0, 0.05) is 13.6 Å². The molecule has 0 atom stereocenters. The van der Waals surface area contributed by atoms with Gasteiger partial charge in [-0.2, -0.15) is 0 Å². The van der Waals surface area contributed by atoms with Crippen molar-refractivity contribution >= 4 is 6.03 Å². The van der Waals surface area contributed by atoms with Crippen LogP contribution in [0.5, 0.6) is 0 Å². The molecule has 0 aromatic rings. The summed E-state index contributed by atoms with van der Waals surface area (Å²) in [6, 6.07) is 0.0278. The van der Waals surface area contributed by atoms with E-state index >= 15 is 0 Å². The van der Waals surface area contributed by atoms with E-state index < -0.39 is 0 Å². The van der Waals surface area contributed by atoms with E-state index in [2.05, 4.69) is 5.32 Å². The van der Waals surface area contributed by atoms with Crippen molar-refractivity contribution in [3.8, 4) is 0 Å². The van der Waals surface area contributed by atoms with Gasteiger partial charge in [-0.25, -0.2) is 4.79 Å². The normalized spacial score (nSPS) is 21.4. The number of hydrogen-bond acceptors (Lipinski definition) is 1. The molecule has 1 saturated heterocycles. The minimum atomic E-state index is 0.0278. The lowest BCUT2D eigenvalue weighted by Gasteiger charge is -2.04. The fourth-order valence-corrected chi connectivity index (χ4v) is 0.833. The molecule has 0 aromatic heterocycles. The molecule has 52 valence electrons. The Kier molecular flexibility index (Phi) is 1.15. The van der Waals surface area contributed by atoms with Crippen LogP contribution in [0, 0.1) is 0 Å². The molecule has 9 heavy (non-hydrogen) atoms. The zero-order valence-electron chi connectivity index (χ0n) is 6.06. The summed E-state index contributed by atoms with van der Waals surface area (Å²) >= 11 is 0. The van der Waals surface area contributed by atoms with E-state index in [-0.39, 0.29) is 11.6 Å². The highest BCUT2D eigenvalue weighted by molar-refractivity contribution is 5.77. The van der Waals surface area contributed by atoms with E-state index in [9.17, 15) is 4.79 Å². The summed E-state index contributed by atoms with van der Waals surface area (Å²) in [6.07, 6.45) is 0. The second-order valence-corrected chi connectivity index (χ2v) is 2.95. The summed E-state index contributed by atoms with van der Waals surface area (Å²) in [6.45, 7) is 4.97. The molecule has 1 N–H and O–H groups in total. The standard InChI is InChI=1S/C6H12N2O/c1-6(2)4-8(6)5(9)7-3/h4H2,1-3H3,(H,7,9). The highest BCUT2D eigenvalue weighted by Gasteiger charge is 2.46. The van der Waals surface area contributed by atoms with Crippen LogP contribution in [0.25, 0.3) is 0 Å². The van der Waals surface area contributed by atoms with E-state index in [4.69, 9.17) is 0 Å². The third-order valence-corrected chi connectivity index (χ3v) is 1.63. The molecule has 0 bridgehead atoms. The summed E-state index contributed by atoms with van der Waals surface area (Å²) in [5.41, 5.74) is 0.111. The van der Waals surface area contributed by atoms with E-state index in [1.807, 2.05) is 13.8 Å². The number of amides is 2. The number of nitrogens with one attached hydrogen (secondary N) is 1. The highest BCUT2D eigenvalue weighted by atomic mass is 16.2. The van der Waals surface area contributed by atoms with Crippen LogP contribution in [0.2, 0.25) is 0 Å². The minimum absolute atomic E-state index is 0.0278. The van der Waals surface area contributed by atoms with Crippen molar-refractivity contribution in [3.63, 3.8) is 0 Å². The van der Waals surface area contributed by atoms with Crippen LogP contribution in [-0.2, 0) is 0 Å². The summed E-state index contributed by atoms with van der Waals surface area (Å²) < 4.78 is 0. The van der Waals surface area contributed by atoms with Gasteiger partial charge in [-0.1, -0.05) is 0 Å². The van der Waals surface area contributed by atoms with E-state index in [0.29, 0.717) is 0 Å². The first-order valence-corrected chi connectivity index (χ1v) is 3.07. The van der Waals surface area contributed by atoms with Gasteiger partial charge < -0.3 is 10.2 Å². The zero-order valence-corrected chi connectivity index (χ0v) is 6.06. The number of carbonyl (C=O) groups is 1. The van der Waals surface area contributed by atoms with Crippen LogP contribution in [0.3, 0.4) is 0 Å². The summed E-state index contributed by atoms with van der Waals surface area (Å²) in [5, 5.41) is 2.57. The molecule has 1 aliphatic rings. The van der Waals surface area contributed by atoms with Crippen LogP contribution in [0.4, 0.5) is 4.79 Å². The summed E-state index contributed by atoms with van der Waals surface area (Å²) in [4.78, 5) is 12.6. The Morgan fingerprint density at radius 1 is 1.67 bits per heavy atom. The molecule has 3 nitrogen and oxygen atoms in total. The first-order valence-electron chi connectivity index (χ1n) is 3.07. The van der Waals surface area contributed by atoms with Gasteiger partial charge in [0.2, 0.25) is 0 Å². The van der Waals surface area contributed by atoms with Crippen molar-refractivity contribution in [1.29, 1.82) is 0 Å². The SMILES string of the molecule is CNC(=O)N1CC1(C)C. The Labute approximate surface area is 55.0 Å². The number of carbonyl (C=O) groups excluding carboxylic acids is 1. The first kappa shape index (κ1) is 6.39. The molecular weight excluding hydrogens is 116 g/mol. The van der Waals surface area contributed by atoms with Crippen molar-refractivity contribution in [2.24, 2.45) is 0 Å². The molecule has 0 aliphatic carbocycles. The Bertz CT molecular complexity index is 142. The van der Waals surface area contributed by atoms with E-state index in [0.717, 1.165) is 6.54 Å². The molecule has 0 saturated carbocycles. The van der Waals surface area contributed by atoms with Crippen molar-refractivity contribution in [2.75, 3.05) is 13.6 Å². The van der Waals surface area contributed by atoms with E-state index in [1.165, 1.54) is 0 Å². The second-order valence-electron chi connectivity index (χ2n) is 2.95. The lowest BCUT2D eigenvalue weighted by Crippen LogP contribution is -2.27. The number of rotatable bonds is 0. The van der Waals surface area contributed by atoms with Crippen molar-refractivity contribution in [3.05, 3.63) is 0 Å². The Morgan fingerprint density at radius 3 is 2.22 bits per heavy atom. The predicted molar refractivity (Wildman–Crippen MR) is 35.2 cm³/mol. The van der Waals surface area contributed by atoms with Gasteiger partial charge in [0.1, 0.15) is 0 Å². The molecule has 2 amide bonds. The van der Waals surface area contributed by atoms with Gasteiger partial charge in [-0.15, -0.1) is 0 Å². The molecule has 0 unspecified atom stereocenters. The molecule has 0 aromatic carbocycles. The fourth-order valence-electron chi connectivity index (χ4n) is 0.833. The molecule has 1 fully saturated rings. The monoisotopic (exact) mass is 128 g/mol. The number of nitrogens with zero attached hydrogens (tertiary/aromatic N) is 1. The van der Waals surface area contributed by atoms with Crippen LogP contribution in [-0.4, -0.2) is 30.1 Å². The number of urea groups is 1. The maximum absolute atomic E-state index is 10.8. The molecular formula is C6H12N2O. The smallest absolute Gasteiger partial charge is 0.317 e. The van der Waals surface area contributed by atoms with Crippen LogP contribution in [0.1, 0.15) is 13.8 Å². The molecule has 0 radical (unpaired) electrons. The van der Waals surface area contributed by atoms with Gasteiger partial charge in [-0.3, -0.25) is 0 Å². The van der Waals surface area contributed by atoms with Gasteiger partial charge >= 0.3 is 6.03 Å². The number of hydrogen-bond donors (Lipinski definition) is 1. The lowest BCUT2D eigenvalue weighted by atomic mass is 10.2. The molecule has 0 spiro atoms. The van der Waals surface area contributed by atoms with Gasteiger partial charge in [-0.05, 0) is 13.8 Å². The summed E-state index contributed by atoms with van der Waals surface area (Å²) in [5.74, 6) is 0. The zero-order chi connectivity index (χ0) is 7.07. The van der Waals surface area contributed by atoms with E-state index in [1.54, 1.807) is 11.9 Å². The topological polar surface area (TPSA) is 32.1 Å². The maximum Gasteiger partial charge on any atom is 0.317 e. The van der Waals surface area contributed by atoms with Gasteiger partial charge in [0.25, 0.3) is 0 Å². The van der Waals surface area contributed by atoms with Crippen molar-refractivity contribution in [2.45, 2.75) is 19.4 Å². The molecule has 1 aliphatic heterocycles. The third kappa shape index (κ3) is 0.992. The molecule has 3 heteroatoms. The van der Waals surface area contributed by atoms with Crippen molar-refractivity contribution in [1.82, 2.24) is 10.2 Å². The molecule has 1 heterocycles. The molecule has 1 rings (SSSR count). The van der Waals surface area contributed by atoms with Crippen LogP contribution >= 0.6 is 0 Å². The quantitative estimate of drug-likeness (QED) is 0.471. The average Bonchev–Trinajstić information content (AvgIpc) is 2.38. The van der Waals surface area contributed by atoms with Gasteiger partial charge in [0.15, 0.2) is 0 Å². The Hall–Kier alpha value is -0.730. The van der Waals surface area contributed by atoms with Crippen molar-refractivity contribution < 1.29 is 4.79 Å². The fraction of sp³-hybridized carbons (Fsp3) is 0.833. The first-order chi connectivity index (χ1) is 4.08. The van der Waals surface area contributed by atoms with Gasteiger partial charge in [0.05, 0.1) is 5.54 Å². The maximum atomic E-state index is 10.8. The minimum Gasteiger partial charge on any atom is -0.341 e. The highest BCUT2D eigenvalue weighted by Crippen LogP contribution is 2.29. The third-order valence-electron chi connectivity index (χ3n) is 1.63. The summed E-state index contributed by atoms with van der Waals surface area (Å²) in [7, 11) is 1.65. The lowest BCUT2D eigenvalue weighted by molar-refractivity contribution is 0.226. The average molecular weight is 128 g/mol. The Balaban J connectivity index is 2.42. The predicted octanol–water partition coefficient (Wildman–Crippen LogP) is 0.420. The van der Waals surface area contributed by atoms with Crippen LogP contribution in [0.15, 0.2) is 0 Å². The van der Waals surface area contributed by atoms with Crippen LogP contribution < -0.4 is 5.32 Å². The largest absolute Gasteiger partial charge is 0.341 e. The second kappa shape index (κ2) is 1.62.